The van der Waals surface area contributed by atoms with Crippen LogP contribution in [0.1, 0.15) is 10.4 Å². The Kier molecular flexibility index (Phi) is 3.50. The Labute approximate surface area is 124 Å². The van der Waals surface area contributed by atoms with Gasteiger partial charge in [-0.05, 0) is 24.3 Å². The summed E-state index contributed by atoms with van der Waals surface area (Å²) < 4.78 is 13.1. The second kappa shape index (κ2) is 5.46. The van der Waals surface area contributed by atoms with Crippen molar-refractivity contribution in [3.8, 4) is 0 Å². The van der Waals surface area contributed by atoms with Gasteiger partial charge >= 0.3 is 0 Å². The van der Waals surface area contributed by atoms with Crippen LogP contribution in [-0.2, 0) is 0 Å². The molecule has 3 aromatic rings. The van der Waals surface area contributed by atoms with Crippen molar-refractivity contribution in [3.63, 3.8) is 0 Å². The predicted molar refractivity (Wildman–Crippen MR) is 78.9 cm³/mol. The van der Waals surface area contributed by atoms with Gasteiger partial charge in [0.1, 0.15) is 0 Å². The molecule has 0 aliphatic carbocycles. The van der Waals surface area contributed by atoms with E-state index in [1.54, 1.807) is 24.4 Å². The molecule has 4 nitrogen and oxygen atoms in total. The molecule has 0 saturated heterocycles. The fourth-order valence-corrected chi connectivity index (χ4v) is 2.22. The van der Waals surface area contributed by atoms with Crippen molar-refractivity contribution in [3.05, 3.63) is 65.3 Å². The summed E-state index contributed by atoms with van der Waals surface area (Å²) in [7, 11) is 0. The van der Waals surface area contributed by atoms with Gasteiger partial charge in [0.15, 0.2) is 0 Å². The van der Waals surface area contributed by atoms with Gasteiger partial charge in [0.2, 0.25) is 5.95 Å². The number of hydrogen-bond donors (Lipinski definition) is 1. The molecule has 0 radical (unpaired) electrons. The van der Waals surface area contributed by atoms with Gasteiger partial charge < -0.3 is 5.32 Å². The first-order chi connectivity index (χ1) is 10.1. The van der Waals surface area contributed by atoms with Gasteiger partial charge in [-0.1, -0.05) is 17.7 Å². The molecule has 1 amide bonds. The minimum absolute atomic E-state index is 0.173. The van der Waals surface area contributed by atoms with E-state index in [2.05, 4.69) is 15.3 Å². The van der Waals surface area contributed by atoms with Gasteiger partial charge in [0, 0.05) is 34.4 Å². The minimum Gasteiger partial charge on any atom is -0.320 e. The van der Waals surface area contributed by atoms with Crippen LogP contribution in [0.15, 0.2) is 48.8 Å². The van der Waals surface area contributed by atoms with Crippen LogP contribution in [0.2, 0.25) is 5.02 Å². The Morgan fingerprint density at radius 1 is 1.14 bits per heavy atom. The van der Waals surface area contributed by atoms with Crippen LogP contribution in [0.25, 0.3) is 10.9 Å². The van der Waals surface area contributed by atoms with Gasteiger partial charge in [-0.3, -0.25) is 9.78 Å². The van der Waals surface area contributed by atoms with E-state index in [0.29, 0.717) is 16.2 Å². The second-order valence-corrected chi connectivity index (χ2v) is 4.79. The summed E-state index contributed by atoms with van der Waals surface area (Å²) in [6.07, 6.45) is 2.86. The highest BCUT2D eigenvalue weighted by molar-refractivity contribution is 6.32. The first-order valence-electron chi connectivity index (χ1n) is 6.11. The van der Waals surface area contributed by atoms with Gasteiger partial charge in [0.05, 0.1) is 11.2 Å². The number of nitrogens with zero attached hydrogens (tertiary/aromatic N) is 2. The van der Waals surface area contributed by atoms with Crippen molar-refractivity contribution in [2.45, 2.75) is 0 Å². The lowest BCUT2D eigenvalue weighted by atomic mass is 10.1. The quantitative estimate of drug-likeness (QED) is 0.735. The first kappa shape index (κ1) is 13.5. The van der Waals surface area contributed by atoms with Crippen LogP contribution >= 0.6 is 11.6 Å². The van der Waals surface area contributed by atoms with Crippen LogP contribution in [0.5, 0.6) is 0 Å². The summed E-state index contributed by atoms with van der Waals surface area (Å²) in [5, 5.41) is 3.97. The van der Waals surface area contributed by atoms with E-state index < -0.39 is 11.9 Å². The Hall–Kier alpha value is -2.53. The van der Waals surface area contributed by atoms with E-state index in [1.165, 1.54) is 12.3 Å². The fraction of sp³-hybridized carbons (Fsp3) is 0. The van der Waals surface area contributed by atoms with E-state index in [9.17, 15) is 9.18 Å². The molecule has 1 aromatic carbocycles. The van der Waals surface area contributed by atoms with Gasteiger partial charge in [-0.15, -0.1) is 0 Å². The number of rotatable bonds is 2. The highest BCUT2D eigenvalue weighted by Crippen LogP contribution is 2.26. The standard InChI is InChI=1S/C15H9ClFN3O/c16-11-6-9-2-1-4-19-14(9)12(8-11)20-15(21)10-3-5-18-13(17)7-10/h1-8H,(H,20,21). The summed E-state index contributed by atoms with van der Waals surface area (Å²) in [4.78, 5) is 19.8. The number of nitrogens with one attached hydrogen (secondary N) is 1. The number of anilines is 1. The average Bonchev–Trinajstić information content (AvgIpc) is 2.47. The van der Waals surface area contributed by atoms with E-state index >= 15 is 0 Å². The summed E-state index contributed by atoms with van der Waals surface area (Å²) in [6.45, 7) is 0. The molecule has 0 aliphatic heterocycles. The Morgan fingerprint density at radius 3 is 2.81 bits per heavy atom. The minimum atomic E-state index is -0.711. The molecule has 104 valence electrons. The summed E-state index contributed by atoms with van der Waals surface area (Å²) in [5.74, 6) is -1.16. The number of halogens is 2. The molecule has 21 heavy (non-hydrogen) atoms. The molecule has 6 heteroatoms. The molecular formula is C15H9ClFN3O. The number of aromatic nitrogens is 2. The lowest BCUT2D eigenvalue weighted by molar-refractivity contribution is 0.102. The molecule has 0 atom stereocenters. The number of carbonyl (C=O) groups is 1. The van der Waals surface area contributed by atoms with Crippen molar-refractivity contribution >= 4 is 34.1 Å². The van der Waals surface area contributed by atoms with Crippen molar-refractivity contribution in [1.82, 2.24) is 9.97 Å². The smallest absolute Gasteiger partial charge is 0.255 e. The third-order valence-electron chi connectivity index (χ3n) is 2.91. The highest BCUT2D eigenvalue weighted by atomic mass is 35.5. The van der Waals surface area contributed by atoms with E-state index in [4.69, 9.17) is 11.6 Å². The van der Waals surface area contributed by atoms with Crippen LogP contribution in [0, 0.1) is 5.95 Å². The first-order valence-corrected chi connectivity index (χ1v) is 6.48. The number of hydrogen-bond acceptors (Lipinski definition) is 3. The van der Waals surface area contributed by atoms with Gasteiger partial charge in [-0.25, -0.2) is 4.98 Å². The zero-order chi connectivity index (χ0) is 14.8. The van der Waals surface area contributed by atoms with Crippen molar-refractivity contribution in [2.24, 2.45) is 0 Å². The molecular weight excluding hydrogens is 293 g/mol. The largest absolute Gasteiger partial charge is 0.320 e. The zero-order valence-electron chi connectivity index (χ0n) is 10.7. The maximum absolute atomic E-state index is 13.1. The van der Waals surface area contributed by atoms with Crippen LogP contribution < -0.4 is 5.32 Å². The maximum Gasteiger partial charge on any atom is 0.255 e. The monoisotopic (exact) mass is 301 g/mol. The normalized spacial score (nSPS) is 10.6. The van der Waals surface area contributed by atoms with Crippen molar-refractivity contribution in [2.75, 3.05) is 5.32 Å². The van der Waals surface area contributed by atoms with Crippen LogP contribution in [0.3, 0.4) is 0 Å². The lowest BCUT2D eigenvalue weighted by Crippen LogP contribution is -2.13. The molecule has 2 heterocycles. The maximum atomic E-state index is 13.1. The summed E-state index contributed by atoms with van der Waals surface area (Å²) in [6, 6.07) is 9.48. The summed E-state index contributed by atoms with van der Waals surface area (Å²) >= 11 is 6.03. The van der Waals surface area contributed by atoms with Gasteiger partial charge in [0.25, 0.3) is 5.91 Å². The number of carbonyl (C=O) groups excluding carboxylic acids is 1. The lowest BCUT2D eigenvalue weighted by Gasteiger charge is -2.09. The predicted octanol–water partition coefficient (Wildman–Crippen LogP) is 3.67. The molecule has 0 fully saturated rings. The van der Waals surface area contributed by atoms with Crippen molar-refractivity contribution < 1.29 is 9.18 Å². The Bertz CT molecular complexity index is 838. The molecule has 0 saturated carbocycles. The zero-order valence-corrected chi connectivity index (χ0v) is 11.4. The molecule has 0 unspecified atom stereocenters. The number of amides is 1. The molecule has 0 spiro atoms. The topological polar surface area (TPSA) is 54.9 Å². The number of fused-ring (bicyclic) bond motifs is 1. The number of pyridine rings is 2. The summed E-state index contributed by atoms with van der Waals surface area (Å²) in [5.41, 5.74) is 1.26. The molecule has 0 aliphatic rings. The molecule has 1 N–H and O–H groups in total. The second-order valence-electron chi connectivity index (χ2n) is 4.35. The fourth-order valence-electron chi connectivity index (χ4n) is 1.99. The van der Waals surface area contributed by atoms with Gasteiger partial charge in [-0.2, -0.15) is 4.39 Å². The third kappa shape index (κ3) is 2.83. The molecule has 2 aromatic heterocycles. The van der Waals surface area contributed by atoms with Crippen LogP contribution in [0.4, 0.5) is 10.1 Å². The van der Waals surface area contributed by atoms with Crippen molar-refractivity contribution in [1.29, 1.82) is 0 Å². The highest BCUT2D eigenvalue weighted by Gasteiger charge is 2.11. The van der Waals surface area contributed by atoms with E-state index in [1.807, 2.05) is 6.07 Å². The molecule has 3 rings (SSSR count). The Balaban J connectivity index is 2.00. The van der Waals surface area contributed by atoms with E-state index in [-0.39, 0.29) is 5.56 Å². The SMILES string of the molecule is O=C(Nc1cc(Cl)cc2cccnc12)c1ccnc(F)c1. The Morgan fingerprint density at radius 2 is 2.00 bits per heavy atom. The molecule has 0 bridgehead atoms. The van der Waals surface area contributed by atoms with Crippen LogP contribution in [-0.4, -0.2) is 15.9 Å². The van der Waals surface area contributed by atoms with E-state index in [0.717, 1.165) is 11.5 Å². The number of benzene rings is 1. The average molecular weight is 302 g/mol. The third-order valence-corrected chi connectivity index (χ3v) is 3.12.